The Morgan fingerprint density at radius 2 is 1.62 bits per heavy atom. The third kappa shape index (κ3) is 8.34. The molecule has 0 unspecified atom stereocenters. The van der Waals surface area contributed by atoms with Gasteiger partial charge in [0.05, 0.1) is 5.75 Å². The summed E-state index contributed by atoms with van der Waals surface area (Å²) in [5.41, 5.74) is 4.89. The van der Waals surface area contributed by atoms with Gasteiger partial charge in [-0.15, -0.1) is 11.8 Å². The zero-order valence-electron chi connectivity index (χ0n) is 20.2. The molecular formula is C27H38N2O2S. The summed E-state index contributed by atoms with van der Waals surface area (Å²) >= 11 is 1.62. The van der Waals surface area contributed by atoms with Crippen molar-refractivity contribution in [1.29, 1.82) is 0 Å². The van der Waals surface area contributed by atoms with Crippen LogP contribution in [0.15, 0.2) is 48.5 Å². The molecule has 2 aromatic rings. The van der Waals surface area contributed by atoms with Gasteiger partial charge in [0.1, 0.15) is 6.04 Å². The molecule has 0 aromatic heterocycles. The molecule has 2 rings (SSSR count). The molecule has 0 radical (unpaired) electrons. The van der Waals surface area contributed by atoms with Crippen molar-refractivity contribution >= 4 is 23.6 Å². The van der Waals surface area contributed by atoms with Crippen LogP contribution in [0.3, 0.4) is 0 Å². The Balaban J connectivity index is 2.08. The molecule has 2 aromatic carbocycles. The Morgan fingerprint density at radius 1 is 0.969 bits per heavy atom. The zero-order valence-corrected chi connectivity index (χ0v) is 21.0. The highest BCUT2D eigenvalue weighted by molar-refractivity contribution is 7.99. The Morgan fingerprint density at radius 3 is 2.22 bits per heavy atom. The van der Waals surface area contributed by atoms with Gasteiger partial charge in [-0.25, -0.2) is 0 Å². The van der Waals surface area contributed by atoms with Crippen molar-refractivity contribution in [1.82, 2.24) is 10.2 Å². The largest absolute Gasteiger partial charge is 0.352 e. The van der Waals surface area contributed by atoms with Crippen LogP contribution in [-0.2, 0) is 21.8 Å². The number of thioether (sulfide) groups is 1. The number of benzene rings is 2. The highest BCUT2D eigenvalue weighted by atomic mass is 32.2. The van der Waals surface area contributed by atoms with Crippen molar-refractivity contribution < 1.29 is 9.59 Å². The van der Waals surface area contributed by atoms with Crippen LogP contribution in [0.5, 0.6) is 0 Å². The number of nitrogens with one attached hydrogen (secondary N) is 1. The molecule has 0 aliphatic rings. The molecule has 0 fully saturated rings. The fraction of sp³-hybridized carbons (Fsp3) is 0.481. The van der Waals surface area contributed by atoms with Gasteiger partial charge in [-0.3, -0.25) is 9.59 Å². The first-order valence-corrected chi connectivity index (χ1v) is 12.8. The molecule has 5 heteroatoms. The molecule has 0 aliphatic carbocycles. The van der Waals surface area contributed by atoms with Gasteiger partial charge >= 0.3 is 0 Å². The van der Waals surface area contributed by atoms with Crippen molar-refractivity contribution in [2.75, 3.05) is 12.3 Å². The monoisotopic (exact) mass is 454 g/mol. The minimum absolute atomic E-state index is 0.0291. The van der Waals surface area contributed by atoms with Gasteiger partial charge in [-0.2, -0.15) is 0 Å². The number of hydrogen-bond donors (Lipinski definition) is 1. The fourth-order valence-electron chi connectivity index (χ4n) is 3.83. The number of rotatable bonds is 12. The first-order valence-electron chi connectivity index (χ1n) is 11.6. The minimum atomic E-state index is -0.443. The smallest absolute Gasteiger partial charge is 0.243 e. The lowest BCUT2D eigenvalue weighted by atomic mass is 10.1. The van der Waals surface area contributed by atoms with Crippen LogP contribution in [-0.4, -0.2) is 41.1 Å². The van der Waals surface area contributed by atoms with Crippen molar-refractivity contribution in [2.24, 2.45) is 0 Å². The molecule has 0 saturated heterocycles. The van der Waals surface area contributed by atoms with Gasteiger partial charge in [-0.1, -0.05) is 73.5 Å². The van der Waals surface area contributed by atoms with E-state index < -0.39 is 6.04 Å². The third-order valence-corrected chi connectivity index (χ3v) is 6.64. The van der Waals surface area contributed by atoms with E-state index in [1.165, 1.54) is 22.3 Å². The van der Waals surface area contributed by atoms with Gasteiger partial charge in [-0.05, 0) is 51.2 Å². The lowest BCUT2D eigenvalue weighted by molar-refractivity contribution is -0.139. The number of carbonyl (C=O) groups is 2. The van der Waals surface area contributed by atoms with Crippen molar-refractivity contribution in [3.63, 3.8) is 0 Å². The van der Waals surface area contributed by atoms with Gasteiger partial charge in [0, 0.05) is 18.3 Å². The van der Waals surface area contributed by atoms with Gasteiger partial charge < -0.3 is 10.2 Å². The summed E-state index contributed by atoms with van der Waals surface area (Å²) in [6.07, 6.45) is 2.21. The maximum atomic E-state index is 13.3. The molecule has 174 valence electrons. The molecule has 0 saturated carbocycles. The van der Waals surface area contributed by atoms with Crippen LogP contribution in [0.2, 0.25) is 0 Å². The quantitative estimate of drug-likeness (QED) is 0.473. The maximum absolute atomic E-state index is 13.3. The van der Waals surface area contributed by atoms with Crippen molar-refractivity contribution in [3.05, 3.63) is 70.8 Å². The Kier molecular flexibility index (Phi) is 10.8. The topological polar surface area (TPSA) is 49.4 Å². The molecule has 1 N–H and O–H groups in total. The molecule has 2 amide bonds. The van der Waals surface area contributed by atoms with Crippen LogP contribution in [0.1, 0.15) is 55.9 Å². The van der Waals surface area contributed by atoms with E-state index >= 15 is 0 Å². The molecule has 0 bridgehead atoms. The molecule has 0 heterocycles. The van der Waals surface area contributed by atoms with E-state index in [-0.39, 0.29) is 17.9 Å². The second kappa shape index (κ2) is 13.3. The maximum Gasteiger partial charge on any atom is 0.243 e. The van der Waals surface area contributed by atoms with E-state index in [0.717, 1.165) is 18.6 Å². The average Bonchev–Trinajstić information content (AvgIpc) is 2.76. The van der Waals surface area contributed by atoms with E-state index in [4.69, 9.17) is 0 Å². The van der Waals surface area contributed by atoms with Crippen LogP contribution in [0, 0.1) is 13.8 Å². The molecular weight excluding hydrogens is 416 g/mol. The minimum Gasteiger partial charge on any atom is -0.352 e. The number of amides is 2. The summed E-state index contributed by atoms with van der Waals surface area (Å²) in [6, 6.07) is 16.3. The summed E-state index contributed by atoms with van der Waals surface area (Å²) in [7, 11) is 0. The number of aryl methyl sites for hydroxylation is 2. The van der Waals surface area contributed by atoms with Gasteiger partial charge in [0.25, 0.3) is 0 Å². The summed E-state index contributed by atoms with van der Waals surface area (Å²) in [5, 5.41) is 3.07. The normalized spacial score (nSPS) is 12.8. The lowest BCUT2D eigenvalue weighted by Gasteiger charge is -2.31. The molecule has 2 atom stereocenters. The highest BCUT2D eigenvalue weighted by Gasteiger charge is 2.28. The predicted octanol–water partition coefficient (Wildman–Crippen LogP) is 5.30. The standard InChI is InChI=1S/C27H38N2O2S/c1-6-22(5)28-27(31)25(7-2)29(14-13-23-11-9-8-10-12-23)26(30)19-32-18-24-16-20(3)15-21(4)17-24/h8-12,15-17,22,25H,6-7,13-14,18-19H2,1-5H3,(H,28,31)/t22-,25-/m1/s1. The summed E-state index contributed by atoms with van der Waals surface area (Å²) in [6.45, 7) is 10.8. The van der Waals surface area contributed by atoms with E-state index in [0.29, 0.717) is 18.7 Å². The van der Waals surface area contributed by atoms with Crippen molar-refractivity contribution in [2.45, 2.75) is 71.7 Å². The van der Waals surface area contributed by atoms with E-state index in [1.807, 2.05) is 39.0 Å². The van der Waals surface area contributed by atoms with Crippen LogP contribution in [0.25, 0.3) is 0 Å². The van der Waals surface area contributed by atoms with Crippen LogP contribution < -0.4 is 5.32 Å². The number of hydrogen-bond acceptors (Lipinski definition) is 3. The first kappa shape index (κ1) is 26.0. The van der Waals surface area contributed by atoms with E-state index in [1.54, 1.807) is 16.7 Å². The number of carbonyl (C=O) groups excluding carboxylic acids is 2. The Labute approximate surface area is 198 Å². The lowest BCUT2D eigenvalue weighted by Crippen LogP contribution is -2.52. The predicted molar refractivity (Wildman–Crippen MR) is 136 cm³/mol. The van der Waals surface area contributed by atoms with E-state index in [2.05, 4.69) is 49.5 Å². The molecule has 0 spiro atoms. The SMILES string of the molecule is CC[C@@H](C)NC(=O)[C@@H](CC)N(CCc1ccccc1)C(=O)CSCc1cc(C)cc(C)c1. The molecule has 32 heavy (non-hydrogen) atoms. The second-order valence-electron chi connectivity index (χ2n) is 8.55. The van der Waals surface area contributed by atoms with Gasteiger partial charge in [0.2, 0.25) is 11.8 Å². The first-order chi connectivity index (χ1) is 15.3. The fourth-order valence-corrected chi connectivity index (χ4v) is 4.67. The third-order valence-electron chi connectivity index (χ3n) is 5.65. The Hall–Kier alpha value is -2.27. The number of nitrogens with zero attached hydrogens (tertiary/aromatic N) is 1. The average molecular weight is 455 g/mol. The summed E-state index contributed by atoms with van der Waals surface area (Å²) in [4.78, 5) is 28.0. The van der Waals surface area contributed by atoms with Crippen LogP contribution in [0.4, 0.5) is 0 Å². The highest BCUT2D eigenvalue weighted by Crippen LogP contribution is 2.18. The summed E-state index contributed by atoms with van der Waals surface area (Å²) < 4.78 is 0. The summed E-state index contributed by atoms with van der Waals surface area (Å²) in [5.74, 6) is 1.13. The van der Waals surface area contributed by atoms with Gasteiger partial charge in [0.15, 0.2) is 0 Å². The van der Waals surface area contributed by atoms with Crippen molar-refractivity contribution in [3.8, 4) is 0 Å². The Bertz CT molecular complexity index is 849. The molecule has 0 aliphatic heterocycles. The second-order valence-corrected chi connectivity index (χ2v) is 9.54. The molecule has 4 nitrogen and oxygen atoms in total. The zero-order chi connectivity index (χ0) is 23.5. The van der Waals surface area contributed by atoms with E-state index in [9.17, 15) is 9.59 Å². The van der Waals surface area contributed by atoms with Crippen LogP contribution >= 0.6 is 11.8 Å².